The number of aromatic nitrogens is 4. The quantitative estimate of drug-likeness (QED) is 0.615. The van der Waals surface area contributed by atoms with Gasteiger partial charge in [-0.2, -0.15) is 0 Å². The predicted molar refractivity (Wildman–Crippen MR) is 103 cm³/mol. The fourth-order valence-electron chi connectivity index (χ4n) is 3.27. The molecule has 1 amide bonds. The topological polar surface area (TPSA) is 84.7 Å². The highest BCUT2D eigenvalue weighted by molar-refractivity contribution is 5.91. The van der Waals surface area contributed by atoms with Crippen molar-refractivity contribution in [1.82, 2.24) is 24.8 Å². The first-order chi connectivity index (χ1) is 13.6. The predicted octanol–water partition coefficient (Wildman–Crippen LogP) is 2.37. The number of hydrogen-bond donors (Lipinski definition) is 2. The molecule has 28 heavy (non-hydrogen) atoms. The number of anilines is 1. The van der Waals surface area contributed by atoms with Crippen molar-refractivity contribution in [2.45, 2.75) is 25.2 Å². The third-order valence-corrected chi connectivity index (χ3v) is 5.02. The fourth-order valence-corrected chi connectivity index (χ4v) is 3.27. The highest BCUT2D eigenvalue weighted by Crippen LogP contribution is 2.48. The maximum absolute atomic E-state index is 13.1. The summed E-state index contributed by atoms with van der Waals surface area (Å²) in [4.78, 5) is 25.3. The van der Waals surface area contributed by atoms with Gasteiger partial charge in [-0.1, -0.05) is 12.1 Å². The molecule has 8 heteroatoms. The summed E-state index contributed by atoms with van der Waals surface area (Å²) in [5.74, 6) is 1.93. The summed E-state index contributed by atoms with van der Waals surface area (Å²) in [6.45, 7) is 2.90. The lowest BCUT2D eigenvalue weighted by Crippen LogP contribution is -2.37. The van der Waals surface area contributed by atoms with E-state index in [0.717, 1.165) is 30.0 Å². The van der Waals surface area contributed by atoms with E-state index in [0.29, 0.717) is 18.9 Å². The van der Waals surface area contributed by atoms with Gasteiger partial charge in [-0.25, -0.2) is 19.3 Å². The summed E-state index contributed by atoms with van der Waals surface area (Å²) in [5.41, 5.74) is 0.366. The van der Waals surface area contributed by atoms with E-state index in [9.17, 15) is 9.18 Å². The van der Waals surface area contributed by atoms with Crippen LogP contribution in [0.4, 0.5) is 10.2 Å². The third kappa shape index (κ3) is 3.58. The second-order valence-corrected chi connectivity index (χ2v) is 6.88. The Labute approximate surface area is 162 Å². The number of benzene rings is 1. The van der Waals surface area contributed by atoms with Gasteiger partial charge in [0.1, 0.15) is 29.6 Å². The van der Waals surface area contributed by atoms with E-state index >= 15 is 0 Å². The van der Waals surface area contributed by atoms with Crippen LogP contribution in [0.15, 0.2) is 49.1 Å². The highest BCUT2D eigenvalue weighted by Gasteiger charge is 2.50. The van der Waals surface area contributed by atoms with Crippen LogP contribution in [-0.2, 0) is 10.2 Å². The molecule has 0 radical (unpaired) electrons. The number of aryl methyl sites for hydroxylation is 1. The molecule has 1 aliphatic carbocycles. The first-order valence-electron chi connectivity index (χ1n) is 9.19. The number of carbonyl (C=O) groups is 1. The minimum absolute atomic E-state index is 0.0154. The first kappa shape index (κ1) is 18.1. The molecule has 2 N–H and O–H groups in total. The van der Waals surface area contributed by atoms with E-state index in [1.165, 1.54) is 18.5 Å². The molecule has 1 aliphatic rings. The summed E-state index contributed by atoms with van der Waals surface area (Å²) in [6.07, 6.45) is 6.62. The van der Waals surface area contributed by atoms with Crippen molar-refractivity contribution in [2.24, 2.45) is 0 Å². The summed E-state index contributed by atoms with van der Waals surface area (Å²) in [7, 11) is 0. The average Bonchev–Trinajstić information content (AvgIpc) is 3.41. The van der Waals surface area contributed by atoms with Gasteiger partial charge in [-0.15, -0.1) is 0 Å². The maximum atomic E-state index is 13.1. The molecule has 1 aromatic carbocycles. The molecule has 3 aromatic rings. The number of amides is 1. The molecule has 0 aliphatic heterocycles. The zero-order chi connectivity index (χ0) is 19.6. The van der Waals surface area contributed by atoms with Crippen molar-refractivity contribution in [3.63, 3.8) is 0 Å². The summed E-state index contributed by atoms with van der Waals surface area (Å²) in [6, 6.07) is 8.02. The molecule has 2 heterocycles. The summed E-state index contributed by atoms with van der Waals surface area (Å²) in [5, 5.41) is 6.16. The third-order valence-electron chi connectivity index (χ3n) is 5.02. The van der Waals surface area contributed by atoms with Crippen LogP contribution in [0.5, 0.6) is 0 Å². The van der Waals surface area contributed by atoms with E-state index in [-0.39, 0.29) is 11.7 Å². The van der Waals surface area contributed by atoms with Gasteiger partial charge in [0.2, 0.25) is 5.91 Å². The molecular formula is C20H21FN6O. The lowest BCUT2D eigenvalue weighted by Gasteiger charge is -2.16. The number of halogens is 1. The van der Waals surface area contributed by atoms with Gasteiger partial charge < -0.3 is 10.6 Å². The van der Waals surface area contributed by atoms with Crippen LogP contribution < -0.4 is 10.6 Å². The van der Waals surface area contributed by atoms with Crippen LogP contribution in [0.3, 0.4) is 0 Å². The van der Waals surface area contributed by atoms with E-state index < -0.39 is 5.41 Å². The van der Waals surface area contributed by atoms with Crippen molar-refractivity contribution in [2.75, 3.05) is 18.4 Å². The second kappa shape index (κ2) is 7.38. The van der Waals surface area contributed by atoms with Gasteiger partial charge >= 0.3 is 0 Å². The Hall–Kier alpha value is -3.29. The van der Waals surface area contributed by atoms with Crippen LogP contribution >= 0.6 is 0 Å². The Morgan fingerprint density at radius 3 is 2.64 bits per heavy atom. The van der Waals surface area contributed by atoms with Crippen LogP contribution in [-0.4, -0.2) is 38.5 Å². The van der Waals surface area contributed by atoms with Crippen LogP contribution in [0, 0.1) is 12.7 Å². The molecule has 0 saturated heterocycles. The molecule has 0 atom stereocenters. The van der Waals surface area contributed by atoms with Gasteiger partial charge in [0.15, 0.2) is 0 Å². The summed E-state index contributed by atoms with van der Waals surface area (Å²) < 4.78 is 15.0. The van der Waals surface area contributed by atoms with Crippen molar-refractivity contribution >= 4 is 11.7 Å². The molecule has 144 valence electrons. The Morgan fingerprint density at radius 1 is 1.18 bits per heavy atom. The molecular weight excluding hydrogens is 359 g/mol. The zero-order valence-corrected chi connectivity index (χ0v) is 15.5. The van der Waals surface area contributed by atoms with Gasteiger partial charge in [-0.05, 0) is 37.5 Å². The Kier molecular flexibility index (Phi) is 4.77. The van der Waals surface area contributed by atoms with E-state index in [1.807, 2.05) is 23.8 Å². The Bertz CT molecular complexity index is 980. The monoisotopic (exact) mass is 380 g/mol. The molecule has 0 spiro atoms. The fraction of sp³-hybridized carbons (Fsp3) is 0.300. The second-order valence-electron chi connectivity index (χ2n) is 6.88. The number of imidazole rings is 1. The van der Waals surface area contributed by atoms with Crippen molar-refractivity contribution < 1.29 is 9.18 Å². The molecule has 7 nitrogen and oxygen atoms in total. The van der Waals surface area contributed by atoms with Gasteiger partial charge in [0.05, 0.1) is 5.41 Å². The normalized spacial score (nSPS) is 14.5. The Morgan fingerprint density at radius 2 is 1.96 bits per heavy atom. The largest absolute Gasteiger partial charge is 0.368 e. The summed E-state index contributed by atoms with van der Waals surface area (Å²) >= 11 is 0. The van der Waals surface area contributed by atoms with Crippen LogP contribution in [0.25, 0.3) is 5.82 Å². The lowest BCUT2D eigenvalue weighted by atomic mass is 9.95. The maximum Gasteiger partial charge on any atom is 0.230 e. The highest BCUT2D eigenvalue weighted by atomic mass is 19.1. The number of nitrogens with one attached hydrogen (secondary N) is 2. The smallest absolute Gasteiger partial charge is 0.230 e. The van der Waals surface area contributed by atoms with Gasteiger partial charge in [-0.3, -0.25) is 9.36 Å². The molecule has 0 unspecified atom stereocenters. The average molecular weight is 380 g/mol. The standard InChI is InChI=1S/C20H21FN6O/c1-14-22-10-11-27(14)18-12-17(25-13-26-18)23-8-9-24-19(28)20(6-7-20)15-2-4-16(21)5-3-15/h2-5,10-13H,6-9H2,1H3,(H,24,28)(H,23,25,26). The molecule has 4 rings (SSSR count). The number of hydrogen-bond acceptors (Lipinski definition) is 5. The molecule has 1 fully saturated rings. The van der Waals surface area contributed by atoms with E-state index in [4.69, 9.17) is 0 Å². The Balaban J connectivity index is 1.31. The van der Waals surface area contributed by atoms with Crippen LogP contribution in [0.2, 0.25) is 0 Å². The van der Waals surface area contributed by atoms with E-state index in [1.54, 1.807) is 18.3 Å². The molecule has 0 bridgehead atoms. The minimum Gasteiger partial charge on any atom is -0.368 e. The van der Waals surface area contributed by atoms with Crippen molar-refractivity contribution in [1.29, 1.82) is 0 Å². The zero-order valence-electron chi connectivity index (χ0n) is 15.5. The number of carbonyl (C=O) groups excluding carboxylic acids is 1. The van der Waals surface area contributed by atoms with Crippen LogP contribution in [0.1, 0.15) is 24.2 Å². The van der Waals surface area contributed by atoms with Crippen molar-refractivity contribution in [3.05, 3.63) is 66.3 Å². The molecule has 1 saturated carbocycles. The number of rotatable bonds is 7. The SMILES string of the molecule is Cc1nccn1-c1cc(NCCNC(=O)C2(c3ccc(F)cc3)CC2)ncn1. The van der Waals surface area contributed by atoms with Gasteiger partial charge in [0.25, 0.3) is 0 Å². The van der Waals surface area contributed by atoms with Gasteiger partial charge in [0, 0.05) is 31.5 Å². The minimum atomic E-state index is -0.505. The van der Waals surface area contributed by atoms with Crippen molar-refractivity contribution in [3.8, 4) is 5.82 Å². The molecule has 2 aromatic heterocycles. The first-order valence-corrected chi connectivity index (χ1v) is 9.19. The number of nitrogens with zero attached hydrogens (tertiary/aromatic N) is 4. The van der Waals surface area contributed by atoms with E-state index in [2.05, 4.69) is 25.6 Å². The lowest BCUT2D eigenvalue weighted by molar-refractivity contribution is -0.123.